The van der Waals surface area contributed by atoms with Crippen LogP contribution in [0.3, 0.4) is 0 Å². The van der Waals surface area contributed by atoms with Crippen LogP contribution in [-0.2, 0) is 4.74 Å². The number of ether oxygens (including phenoxy) is 1. The van der Waals surface area contributed by atoms with Gasteiger partial charge in [-0.1, -0.05) is 6.58 Å². The molecule has 5 N–H and O–H groups in total. The van der Waals surface area contributed by atoms with Crippen molar-refractivity contribution in [1.82, 2.24) is 0 Å². The van der Waals surface area contributed by atoms with E-state index in [0.717, 1.165) is 0 Å². The van der Waals surface area contributed by atoms with E-state index in [1.165, 1.54) is 24.3 Å². The van der Waals surface area contributed by atoms with Crippen LogP contribution in [0.1, 0.15) is 5.56 Å². The maximum Gasteiger partial charge on any atom is 0.269 e. The molecule has 0 amide bonds. The Hall–Kier alpha value is -1.88. The largest absolute Gasteiger partial charge is 0.394 e. The van der Waals surface area contributed by atoms with Crippen LogP contribution >= 0.6 is 0 Å². The minimum Gasteiger partial charge on any atom is -0.394 e. The van der Waals surface area contributed by atoms with Gasteiger partial charge in [0.05, 0.1) is 11.5 Å². The molecule has 0 aliphatic carbocycles. The third kappa shape index (κ3) is 2.98. The van der Waals surface area contributed by atoms with Gasteiger partial charge in [0.1, 0.15) is 24.4 Å². The van der Waals surface area contributed by atoms with Gasteiger partial charge in [-0.3, -0.25) is 10.1 Å². The van der Waals surface area contributed by atoms with E-state index >= 15 is 0 Å². The van der Waals surface area contributed by atoms with E-state index in [-0.39, 0.29) is 16.8 Å². The fraction of sp³-hybridized carbons (Fsp3) is 0.429. The van der Waals surface area contributed by atoms with Crippen molar-refractivity contribution in [3.63, 3.8) is 0 Å². The van der Waals surface area contributed by atoms with E-state index in [4.69, 9.17) is 9.84 Å². The first-order valence-electron chi connectivity index (χ1n) is 6.71. The Morgan fingerprint density at radius 3 is 2.30 bits per heavy atom. The van der Waals surface area contributed by atoms with Gasteiger partial charge in [0.2, 0.25) is 5.79 Å². The summed E-state index contributed by atoms with van der Waals surface area (Å²) in [6.07, 6.45) is -6.64. The summed E-state index contributed by atoms with van der Waals surface area (Å²) >= 11 is 0. The first kappa shape index (κ1) is 17.5. The summed E-state index contributed by atoms with van der Waals surface area (Å²) in [7, 11) is 0. The second kappa shape index (κ2) is 6.32. The monoisotopic (exact) mass is 327 g/mol. The molecule has 5 atom stereocenters. The summed E-state index contributed by atoms with van der Waals surface area (Å²) < 4.78 is 5.12. The second-order valence-corrected chi connectivity index (χ2v) is 5.24. The summed E-state index contributed by atoms with van der Waals surface area (Å²) in [5, 5.41) is 59.8. The third-order valence-corrected chi connectivity index (χ3v) is 3.83. The van der Waals surface area contributed by atoms with Crippen molar-refractivity contribution in [2.75, 3.05) is 6.61 Å². The van der Waals surface area contributed by atoms with Crippen LogP contribution in [0.15, 0.2) is 30.8 Å². The highest BCUT2D eigenvalue weighted by atomic mass is 16.7. The van der Waals surface area contributed by atoms with Crippen LogP contribution in [0.5, 0.6) is 0 Å². The molecule has 1 aromatic rings. The van der Waals surface area contributed by atoms with Gasteiger partial charge >= 0.3 is 0 Å². The van der Waals surface area contributed by atoms with Gasteiger partial charge in [0.25, 0.3) is 5.69 Å². The molecule has 0 aromatic heterocycles. The molecule has 1 heterocycles. The van der Waals surface area contributed by atoms with Gasteiger partial charge in [-0.2, -0.15) is 0 Å². The van der Waals surface area contributed by atoms with Crippen LogP contribution in [0, 0.1) is 10.1 Å². The number of hydrogen-bond acceptors (Lipinski definition) is 8. The van der Waals surface area contributed by atoms with Gasteiger partial charge < -0.3 is 30.3 Å². The minimum absolute atomic E-state index is 0.177. The Labute approximate surface area is 130 Å². The van der Waals surface area contributed by atoms with Gasteiger partial charge in [0, 0.05) is 17.7 Å². The average molecular weight is 327 g/mol. The standard InChI is InChI=1S/C14H17NO8/c1-7(8-2-4-9(5-3-8)15(21)22)14(20)13(19)12(18)11(17)10(6-16)23-14/h2-5,10-13,16-20H,1,6H2/t10-,11-,12+,13-,14-/m0/s1. The molecule has 1 aliphatic heterocycles. The molecular formula is C14H17NO8. The van der Waals surface area contributed by atoms with Crippen LogP contribution in [0.25, 0.3) is 5.57 Å². The molecule has 0 radical (unpaired) electrons. The second-order valence-electron chi connectivity index (χ2n) is 5.24. The first-order chi connectivity index (χ1) is 10.7. The zero-order chi connectivity index (χ0) is 17.4. The van der Waals surface area contributed by atoms with Gasteiger partial charge in [-0.05, 0) is 17.7 Å². The predicted octanol–water partition coefficient (Wildman–Crippen LogP) is -1.23. The molecule has 9 heteroatoms. The maximum atomic E-state index is 10.6. The summed E-state index contributed by atoms with van der Waals surface area (Å²) in [4.78, 5) is 10.0. The van der Waals surface area contributed by atoms with E-state index in [1.54, 1.807) is 0 Å². The third-order valence-electron chi connectivity index (χ3n) is 3.83. The molecular weight excluding hydrogens is 310 g/mol. The van der Waals surface area contributed by atoms with Crippen LogP contribution in [0.2, 0.25) is 0 Å². The molecule has 1 aliphatic rings. The number of rotatable bonds is 4. The normalized spacial score (nSPS) is 34.1. The predicted molar refractivity (Wildman–Crippen MR) is 77.1 cm³/mol. The van der Waals surface area contributed by atoms with E-state index in [0.29, 0.717) is 0 Å². The fourth-order valence-electron chi connectivity index (χ4n) is 2.39. The highest BCUT2D eigenvalue weighted by molar-refractivity contribution is 5.70. The fourth-order valence-corrected chi connectivity index (χ4v) is 2.39. The van der Waals surface area contributed by atoms with Crippen molar-refractivity contribution in [1.29, 1.82) is 0 Å². The number of hydrogen-bond donors (Lipinski definition) is 5. The minimum atomic E-state index is -2.47. The summed E-state index contributed by atoms with van der Waals surface area (Å²) in [5.41, 5.74) is -0.135. The number of aliphatic hydroxyl groups excluding tert-OH is 4. The summed E-state index contributed by atoms with van der Waals surface area (Å²) in [6.45, 7) is 2.89. The quantitative estimate of drug-likeness (QED) is 0.340. The lowest BCUT2D eigenvalue weighted by Crippen LogP contribution is -2.65. The number of aliphatic hydroxyl groups is 5. The number of nitrogens with zero attached hydrogens (tertiary/aromatic N) is 1. The van der Waals surface area contributed by atoms with E-state index in [2.05, 4.69) is 6.58 Å². The Morgan fingerprint density at radius 1 is 1.26 bits per heavy atom. The van der Waals surface area contributed by atoms with E-state index in [9.17, 15) is 30.5 Å². The molecule has 0 bridgehead atoms. The zero-order valence-electron chi connectivity index (χ0n) is 11.9. The van der Waals surface area contributed by atoms with Gasteiger partial charge in [0.15, 0.2) is 0 Å². The highest BCUT2D eigenvalue weighted by Crippen LogP contribution is 2.37. The molecule has 23 heavy (non-hydrogen) atoms. The van der Waals surface area contributed by atoms with Crippen LogP contribution in [-0.4, -0.2) is 67.3 Å². The molecule has 2 rings (SSSR count). The molecule has 0 unspecified atom stereocenters. The highest BCUT2D eigenvalue weighted by Gasteiger charge is 2.54. The molecule has 0 saturated carbocycles. The first-order valence-corrected chi connectivity index (χ1v) is 6.71. The molecule has 1 fully saturated rings. The topological polar surface area (TPSA) is 154 Å². The van der Waals surface area contributed by atoms with Crippen molar-refractivity contribution in [3.05, 3.63) is 46.5 Å². The molecule has 9 nitrogen and oxygen atoms in total. The molecule has 0 spiro atoms. The lowest BCUT2D eigenvalue weighted by atomic mass is 9.86. The van der Waals surface area contributed by atoms with Crippen LogP contribution in [0.4, 0.5) is 5.69 Å². The number of nitro benzene ring substituents is 1. The van der Waals surface area contributed by atoms with Crippen molar-refractivity contribution in [2.24, 2.45) is 0 Å². The Balaban J connectivity index is 2.33. The number of non-ortho nitro benzene ring substituents is 1. The van der Waals surface area contributed by atoms with E-state index < -0.39 is 41.7 Å². The van der Waals surface area contributed by atoms with Crippen molar-refractivity contribution in [3.8, 4) is 0 Å². The lowest BCUT2D eigenvalue weighted by Gasteiger charge is -2.46. The Bertz CT molecular complexity index is 601. The number of benzene rings is 1. The summed E-state index contributed by atoms with van der Waals surface area (Å²) in [6, 6.07) is 4.93. The summed E-state index contributed by atoms with van der Waals surface area (Å²) in [5.74, 6) is -2.47. The van der Waals surface area contributed by atoms with Crippen LogP contribution < -0.4 is 0 Å². The molecule has 126 valence electrons. The molecule has 1 saturated heterocycles. The Morgan fingerprint density at radius 2 is 1.83 bits per heavy atom. The zero-order valence-corrected chi connectivity index (χ0v) is 11.9. The van der Waals surface area contributed by atoms with Gasteiger partial charge in [-0.15, -0.1) is 0 Å². The lowest BCUT2D eigenvalue weighted by molar-refractivity contribution is -0.384. The SMILES string of the molecule is C=C(c1ccc([N+](=O)[O-])cc1)[C@]1(O)O[C@@H](CO)[C@H](O)[C@@H](O)[C@@H]1O. The average Bonchev–Trinajstić information content (AvgIpc) is 2.55. The van der Waals surface area contributed by atoms with Crippen molar-refractivity contribution in [2.45, 2.75) is 30.2 Å². The number of nitro groups is 1. The van der Waals surface area contributed by atoms with Gasteiger partial charge in [-0.25, -0.2) is 0 Å². The molecule has 1 aromatic carbocycles. The maximum absolute atomic E-state index is 10.6. The van der Waals surface area contributed by atoms with Crippen molar-refractivity contribution < 1.29 is 35.2 Å². The van der Waals surface area contributed by atoms with E-state index in [1.807, 2.05) is 0 Å². The Kier molecular flexibility index (Phi) is 4.80. The smallest absolute Gasteiger partial charge is 0.269 e. The van der Waals surface area contributed by atoms with Crippen molar-refractivity contribution >= 4 is 11.3 Å².